The lowest BCUT2D eigenvalue weighted by molar-refractivity contribution is -0.116. The van der Waals surface area contributed by atoms with E-state index in [1.807, 2.05) is 31.2 Å². The number of carbonyl (C=O) groups is 3. The highest BCUT2D eigenvalue weighted by molar-refractivity contribution is 7.15. The zero-order valence-corrected chi connectivity index (χ0v) is 17.6. The number of aromatic nitrogens is 2. The fourth-order valence-electron chi connectivity index (χ4n) is 3.13. The second-order valence-corrected chi connectivity index (χ2v) is 8.12. The molecule has 8 nitrogen and oxygen atoms in total. The minimum absolute atomic E-state index is 0.0181. The van der Waals surface area contributed by atoms with Crippen LogP contribution in [0.4, 0.5) is 5.13 Å². The Bertz CT molecular complexity index is 1090. The summed E-state index contributed by atoms with van der Waals surface area (Å²) in [5.74, 6) is -0.131. The molecule has 0 bridgehead atoms. The van der Waals surface area contributed by atoms with Gasteiger partial charge in [-0.2, -0.15) is 0 Å². The van der Waals surface area contributed by atoms with Crippen molar-refractivity contribution in [2.45, 2.75) is 26.3 Å². The zero-order valence-electron chi connectivity index (χ0n) is 16.8. The molecule has 2 aromatic carbocycles. The predicted molar refractivity (Wildman–Crippen MR) is 115 cm³/mol. The van der Waals surface area contributed by atoms with E-state index in [0.717, 1.165) is 27.5 Å². The maximum atomic E-state index is 12.4. The molecular weight excluding hydrogens is 416 g/mol. The molecule has 9 heteroatoms. The molecule has 1 aromatic heterocycles. The van der Waals surface area contributed by atoms with Crippen molar-refractivity contribution in [1.29, 1.82) is 0 Å². The van der Waals surface area contributed by atoms with Gasteiger partial charge in [0.05, 0.1) is 24.3 Å². The van der Waals surface area contributed by atoms with Crippen molar-refractivity contribution in [1.82, 2.24) is 15.1 Å². The first-order chi connectivity index (χ1) is 15.0. The minimum atomic E-state index is -0.352. The number of imide groups is 1. The van der Waals surface area contributed by atoms with Gasteiger partial charge >= 0.3 is 0 Å². The van der Waals surface area contributed by atoms with Crippen LogP contribution in [0.2, 0.25) is 0 Å². The lowest BCUT2D eigenvalue weighted by Crippen LogP contribution is -2.29. The summed E-state index contributed by atoms with van der Waals surface area (Å²) in [4.78, 5) is 38.2. The van der Waals surface area contributed by atoms with Gasteiger partial charge in [0, 0.05) is 6.42 Å². The lowest BCUT2D eigenvalue weighted by atomic mass is 10.1. The molecule has 0 radical (unpaired) electrons. The SMILES string of the molecule is Cc1ccc(OCCCC(=O)Nc2nnc(CN3C(=O)c4ccccc4C3=O)s2)cc1. The Balaban J connectivity index is 1.24. The second kappa shape index (κ2) is 9.05. The number of nitrogens with zero attached hydrogens (tertiary/aromatic N) is 3. The van der Waals surface area contributed by atoms with Crippen LogP contribution in [0.5, 0.6) is 5.75 Å². The summed E-state index contributed by atoms with van der Waals surface area (Å²) in [7, 11) is 0. The van der Waals surface area contributed by atoms with Crippen molar-refractivity contribution in [2.75, 3.05) is 11.9 Å². The van der Waals surface area contributed by atoms with Crippen molar-refractivity contribution in [3.05, 3.63) is 70.2 Å². The van der Waals surface area contributed by atoms with Crippen molar-refractivity contribution in [2.24, 2.45) is 0 Å². The number of fused-ring (bicyclic) bond motifs is 1. The van der Waals surface area contributed by atoms with Crippen molar-refractivity contribution >= 4 is 34.2 Å². The number of carbonyl (C=O) groups excluding carboxylic acids is 3. The normalized spacial score (nSPS) is 12.7. The molecule has 0 fully saturated rings. The Morgan fingerprint density at radius 1 is 1.03 bits per heavy atom. The van der Waals surface area contributed by atoms with Gasteiger partial charge in [0.1, 0.15) is 10.8 Å². The number of nitrogens with one attached hydrogen (secondary N) is 1. The van der Waals surface area contributed by atoms with Gasteiger partial charge in [0.25, 0.3) is 11.8 Å². The topological polar surface area (TPSA) is 101 Å². The third kappa shape index (κ3) is 4.77. The molecule has 31 heavy (non-hydrogen) atoms. The smallest absolute Gasteiger partial charge is 0.261 e. The van der Waals surface area contributed by atoms with Gasteiger partial charge in [-0.15, -0.1) is 10.2 Å². The van der Waals surface area contributed by atoms with Crippen LogP contribution in [0.1, 0.15) is 44.1 Å². The van der Waals surface area contributed by atoms with Crippen LogP contribution in [0.3, 0.4) is 0 Å². The van der Waals surface area contributed by atoms with Crippen LogP contribution in [0.15, 0.2) is 48.5 Å². The maximum Gasteiger partial charge on any atom is 0.261 e. The average Bonchev–Trinajstić information content (AvgIpc) is 3.31. The summed E-state index contributed by atoms with van der Waals surface area (Å²) >= 11 is 1.14. The number of benzene rings is 2. The number of ether oxygens (including phenoxy) is 1. The zero-order chi connectivity index (χ0) is 21.8. The molecule has 0 unspecified atom stereocenters. The Hall–Kier alpha value is -3.59. The highest BCUT2D eigenvalue weighted by Crippen LogP contribution is 2.26. The van der Waals surface area contributed by atoms with Crippen LogP contribution in [0, 0.1) is 6.92 Å². The van der Waals surface area contributed by atoms with E-state index in [9.17, 15) is 14.4 Å². The maximum absolute atomic E-state index is 12.4. The first-order valence-electron chi connectivity index (χ1n) is 9.78. The van der Waals surface area contributed by atoms with E-state index in [-0.39, 0.29) is 30.7 Å². The first-order valence-corrected chi connectivity index (χ1v) is 10.6. The summed E-state index contributed by atoms with van der Waals surface area (Å²) in [6.07, 6.45) is 0.833. The summed E-state index contributed by atoms with van der Waals surface area (Å²) < 4.78 is 5.61. The van der Waals surface area contributed by atoms with Gasteiger partial charge < -0.3 is 10.1 Å². The van der Waals surface area contributed by atoms with Gasteiger partial charge in [-0.1, -0.05) is 41.2 Å². The van der Waals surface area contributed by atoms with Crippen molar-refractivity contribution in [3.63, 3.8) is 0 Å². The fraction of sp³-hybridized carbons (Fsp3) is 0.227. The lowest BCUT2D eigenvalue weighted by Gasteiger charge is -2.10. The molecular formula is C22H20N4O4S. The van der Waals surface area contributed by atoms with Crippen LogP contribution >= 0.6 is 11.3 Å². The van der Waals surface area contributed by atoms with Crippen molar-refractivity contribution in [3.8, 4) is 5.75 Å². The molecule has 3 aromatic rings. The Kier molecular flexibility index (Phi) is 6.03. The van der Waals surface area contributed by atoms with Gasteiger partial charge in [-0.3, -0.25) is 19.3 Å². The molecule has 0 atom stereocenters. The molecule has 2 heterocycles. The summed E-state index contributed by atoms with van der Waals surface area (Å²) in [6.45, 7) is 2.45. The van der Waals surface area contributed by atoms with Gasteiger partial charge in [0.2, 0.25) is 11.0 Å². The number of rotatable bonds is 8. The Morgan fingerprint density at radius 2 is 1.71 bits per heavy atom. The Labute approximate surface area is 182 Å². The number of hydrogen-bond acceptors (Lipinski definition) is 7. The number of hydrogen-bond donors (Lipinski definition) is 1. The summed E-state index contributed by atoms with van der Waals surface area (Å²) in [6, 6.07) is 14.4. The average molecular weight is 436 g/mol. The number of anilines is 1. The second-order valence-electron chi connectivity index (χ2n) is 7.06. The molecule has 0 saturated heterocycles. The number of aryl methyl sites for hydroxylation is 1. The first kappa shape index (κ1) is 20.7. The van der Waals surface area contributed by atoms with E-state index in [1.165, 1.54) is 0 Å². The largest absolute Gasteiger partial charge is 0.494 e. The molecule has 158 valence electrons. The molecule has 4 rings (SSSR count). The number of amides is 3. The van der Waals surface area contributed by atoms with E-state index in [0.29, 0.717) is 34.3 Å². The van der Waals surface area contributed by atoms with Gasteiger partial charge in [-0.25, -0.2) is 0 Å². The van der Waals surface area contributed by atoms with Crippen LogP contribution in [-0.2, 0) is 11.3 Å². The minimum Gasteiger partial charge on any atom is -0.494 e. The van der Waals surface area contributed by atoms with E-state index >= 15 is 0 Å². The monoisotopic (exact) mass is 436 g/mol. The molecule has 1 aliphatic rings. The van der Waals surface area contributed by atoms with E-state index < -0.39 is 0 Å². The van der Waals surface area contributed by atoms with Gasteiger partial charge in [-0.05, 0) is 37.6 Å². The quantitative estimate of drug-likeness (QED) is 0.429. The van der Waals surface area contributed by atoms with E-state index in [4.69, 9.17) is 4.74 Å². The molecule has 3 amide bonds. The standard InChI is InChI=1S/C22H20N4O4S/c1-14-8-10-15(11-9-14)30-12-4-7-18(27)23-22-25-24-19(31-22)13-26-20(28)16-5-2-3-6-17(16)21(26)29/h2-3,5-6,8-11H,4,7,12-13H2,1H3,(H,23,25,27). The summed E-state index contributed by atoms with van der Waals surface area (Å²) in [5, 5.41) is 11.4. The molecule has 0 spiro atoms. The molecule has 1 aliphatic heterocycles. The molecule has 1 N–H and O–H groups in total. The van der Waals surface area contributed by atoms with E-state index in [1.54, 1.807) is 24.3 Å². The molecule has 0 saturated carbocycles. The third-order valence-electron chi connectivity index (χ3n) is 4.72. The third-order valence-corrected chi connectivity index (χ3v) is 5.55. The molecule has 0 aliphatic carbocycles. The predicted octanol–water partition coefficient (Wildman–Crippen LogP) is 3.44. The van der Waals surface area contributed by atoms with Crippen LogP contribution in [0.25, 0.3) is 0 Å². The fourth-order valence-corrected chi connectivity index (χ4v) is 3.87. The van der Waals surface area contributed by atoms with Crippen molar-refractivity contribution < 1.29 is 19.1 Å². The van der Waals surface area contributed by atoms with Crippen LogP contribution in [-0.4, -0.2) is 39.4 Å². The van der Waals surface area contributed by atoms with E-state index in [2.05, 4.69) is 15.5 Å². The Morgan fingerprint density at radius 3 is 2.39 bits per heavy atom. The van der Waals surface area contributed by atoms with Gasteiger partial charge in [0.15, 0.2) is 0 Å². The summed E-state index contributed by atoms with van der Waals surface area (Å²) in [5.41, 5.74) is 1.93. The van der Waals surface area contributed by atoms with Crippen LogP contribution < -0.4 is 10.1 Å². The highest BCUT2D eigenvalue weighted by atomic mass is 32.1. The highest BCUT2D eigenvalue weighted by Gasteiger charge is 2.35.